The molecule has 0 radical (unpaired) electrons. The van der Waals surface area contributed by atoms with E-state index in [2.05, 4.69) is 6.92 Å². The first-order chi connectivity index (χ1) is 17.1. The Morgan fingerprint density at radius 2 is 1.25 bits per heavy atom. The van der Waals surface area contributed by atoms with E-state index in [1.165, 1.54) is 96.3 Å². The van der Waals surface area contributed by atoms with Gasteiger partial charge in [-0.15, -0.1) is 0 Å². The fourth-order valence-corrected chi connectivity index (χ4v) is 5.70. The summed E-state index contributed by atoms with van der Waals surface area (Å²) in [6.45, 7) is 7.12. The van der Waals surface area contributed by atoms with E-state index in [0.29, 0.717) is 11.0 Å². The van der Waals surface area contributed by atoms with Crippen molar-refractivity contribution in [1.82, 2.24) is 0 Å². The maximum absolute atomic E-state index is 12.2. The highest BCUT2D eigenvalue weighted by molar-refractivity contribution is 7.99. The van der Waals surface area contributed by atoms with Crippen LogP contribution in [0.3, 0.4) is 0 Å². The van der Waals surface area contributed by atoms with Gasteiger partial charge in [-0.25, -0.2) is 4.57 Å². The molecular weight excluding hydrogens is 493 g/mol. The Bertz CT molecular complexity index is 531. The maximum Gasteiger partial charge on any atom is 0.472 e. The molecule has 0 saturated heterocycles. The molecular formula is C28H61NO5PS+. The van der Waals surface area contributed by atoms with Crippen molar-refractivity contribution in [2.75, 3.05) is 52.4 Å². The lowest BCUT2D eigenvalue weighted by molar-refractivity contribution is -0.870. The van der Waals surface area contributed by atoms with Crippen molar-refractivity contribution in [1.29, 1.82) is 0 Å². The van der Waals surface area contributed by atoms with E-state index in [-0.39, 0.29) is 25.4 Å². The van der Waals surface area contributed by atoms with Gasteiger partial charge in [0.05, 0.1) is 40.0 Å². The monoisotopic (exact) mass is 554 g/mol. The first kappa shape index (κ1) is 36.4. The topological polar surface area (TPSA) is 65.0 Å². The molecule has 0 aliphatic carbocycles. The number of unbranched alkanes of at least 4 members (excludes halogenated alkanes) is 14. The molecule has 218 valence electrons. The predicted molar refractivity (Wildman–Crippen MR) is 157 cm³/mol. The van der Waals surface area contributed by atoms with Crippen molar-refractivity contribution in [3.63, 3.8) is 0 Å². The molecule has 0 fully saturated rings. The Morgan fingerprint density at radius 1 is 0.778 bits per heavy atom. The van der Waals surface area contributed by atoms with Gasteiger partial charge in [0.2, 0.25) is 0 Å². The van der Waals surface area contributed by atoms with Crippen LogP contribution in [0.1, 0.15) is 117 Å². The lowest BCUT2D eigenvalue weighted by Crippen LogP contribution is -2.37. The highest BCUT2D eigenvalue weighted by Gasteiger charge is 2.25. The minimum Gasteiger partial charge on any atom is -0.372 e. The summed E-state index contributed by atoms with van der Waals surface area (Å²) in [5.74, 6) is 1.85. The summed E-state index contributed by atoms with van der Waals surface area (Å²) in [4.78, 5) is 9.96. The molecule has 0 rings (SSSR count). The first-order valence-corrected chi connectivity index (χ1v) is 17.4. The van der Waals surface area contributed by atoms with Crippen molar-refractivity contribution in [3.8, 4) is 0 Å². The number of likely N-dealkylation sites (N-methyl/N-ethyl adjacent to an activating group) is 1. The number of nitrogens with zero attached hydrogens (tertiary/aromatic N) is 1. The van der Waals surface area contributed by atoms with Crippen LogP contribution in [0.25, 0.3) is 0 Å². The molecule has 6 nitrogen and oxygen atoms in total. The van der Waals surface area contributed by atoms with E-state index < -0.39 is 7.82 Å². The van der Waals surface area contributed by atoms with Crippen LogP contribution >= 0.6 is 19.6 Å². The Hall–Kier alpha value is 0.380. The van der Waals surface area contributed by atoms with Crippen LogP contribution in [0.4, 0.5) is 0 Å². The Morgan fingerprint density at radius 3 is 1.69 bits per heavy atom. The van der Waals surface area contributed by atoms with Crippen LogP contribution in [0, 0.1) is 0 Å². The molecule has 0 aromatic rings. The second-order valence-corrected chi connectivity index (χ2v) is 14.0. The SMILES string of the molecule is CCCCCCCCCCCCCCCCCSCC(COP(=O)(O)OCC[N+](C)(C)C)OC(C)C. The van der Waals surface area contributed by atoms with E-state index in [0.717, 1.165) is 11.5 Å². The molecule has 0 heterocycles. The minimum atomic E-state index is -4.05. The lowest BCUT2D eigenvalue weighted by Gasteiger charge is -2.24. The standard InChI is InChI=1S/C28H60NO5PS/c1-7-8-9-10-11-12-13-14-15-16-17-18-19-20-21-24-36-26-28(34-27(2)3)25-33-35(30,31)32-23-22-29(4,5)6/h27-28H,7-26H2,1-6H3/p+1. The first-order valence-electron chi connectivity index (χ1n) is 14.7. The molecule has 0 aromatic carbocycles. The molecule has 0 aliphatic heterocycles. The largest absolute Gasteiger partial charge is 0.472 e. The minimum absolute atomic E-state index is 0.0437. The number of hydrogen-bond acceptors (Lipinski definition) is 5. The number of thioether (sulfide) groups is 1. The third kappa shape index (κ3) is 27.4. The van der Waals surface area contributed by atoms with Crippen LogP contribution in [-0.4, -0.2) is 74.0 Å². The van der Waals surface area contributed by atoms with Gasteiger partial charge >= 0.3 is 7.82 Å². The van der Waals surface area contributed by atoms with Crippen molar-refractivity contribution in [2.45, 2.75) is 129 Å². The van der Waals surface area contributed by atoms with Gasteiger partial charge in [0.1, 0.15) is 13.2 Å². The number of quaternary nitrogens is 1. The second kappa shape index (κ2) is 23.3. The number of rotatable bonds is 27. The van der Waals surface area contributed by atoms with Gasteiger partial charge in [0.25, 0.3) is 0 Å². The van der Waals surface area contributed by atoms with Crippen LogP contribution < -0.4 is 0 Å². The molecule has 36 heavy (non-hydrogen) atoms. The molecule has 2 unspecified atom stereocenters. The van der Waals surface area contributed by atoms with Gasteiger partial charge in [-0.3, -0.25) is 9.05 Å². The fraction of sp³-hybridized carbons (Fsp3) is 1.00. The lowest BCUT2D eigenvalue weighted by atomic mass is 10.0. The summed E-state index contributed by atoms with van der Waals surface area (Å²) in [5, 5.41) is 0. The second-order valence-electron chi connectivity index (χ2n) is 11.4. The maximum atomic E-state index is 12.2. The molecule has 0 spiro atoms. The van der Waals surface area contributed by atoms with Gasteiger partial charge in [0, 0.05) is 5.75 Å². The molecule has 0 bridgehead atoms. The van der Waals surface area contributed by atoms with Crippen molar-refractivity contribution in [3.05, 3.63) is 0 Å². The molecule has 0 saturated carbocycles. The van der Waals surface area contributed by atoms with Crippen LogP contribution in [0.15, 0.2) is 0 Å². The molecule has 0 amide bonds. The van der Waals surface area contributed by atoms with E-state index in [4.69, 9.17) is 13.8 Å². The summed E-state index contributed by atoms with van der Waals surface area (Å²) in [6, 6.07) is 0. The van der Waals surface area contributed by atoms with Crippen molar-refractivity contribution < 1.29 is 27.7 Å². The normalized spacial score (nSPS) is 14.9. The molecule has 0 aromatic heterocycles. The smallest absolute Gasteiger partial charge is 0.372 e. The van der Waals surface area contributed by atoms with E-state index >= 15 is 0 Å². The third-order valence-corrected chi connectivity index (χ3v) is 8.27. The fourth-order valence-electron chi connectivity index (χ4n) is 3.95. The molecule has 8 heteroatoms. The summed E-state index contributed by atoms with van der Waals surface area (Å²) < 4.78 is 29.1. The number of phosphoric ester groups is 1. The van der Waals surface area contributed by atoms with Crippen molar-refractivity contribution >= 4 is 19.6 Å². The summed E-state index contributed by atoms with van der Waals surface area (Å²) in [5.41, 5.74) is 0. The highest BCUT2D eigenvalue weighted by Crippen LogP contribution is 2.43. The Kier molecular flexibility index (Phi) is 23.5. The molecule has 0 aliphatic rings. The quantitative estimate of drug-likeness (QED) is 0.0627. The summed E-state index contributed by atoms with van der Waals surface area (Å²) >= 11 is 1.84. The number of phosphoric acid groups is 1. The van der Waals surface area contributed by atoms with Crippen LogP contribution in [-0.2, 0) is 18.3 Å². The average Bonchev–Trinajstić information content (AvgIpc) is 2.78. The highest BCUT2D eigenvalue weighted by atomic mass is 32.2. The van der Waals surface area contributed by atoms with Gasteiger partial charge in [-0.1, -0.05) is 96.8 Å². The van der Waals surface area contributed by atoms with Gasteiger partial charge < -0.3 is 14.1 Å². The zero-order valence-corrected chi connectivity index (χ0v) is 26.4. The zero-order valence-electron chi connectivity index (χ0n) is 24.7. The predicted octanol–water partition coefficient (Wildman–Crippen LogP) is 8.22. The summed E-state index contributed by atoms with van der Waals surface area (Å²) in [6.07, 6.45) is 20.5. The third-order valence-electron chi connectivity index (χ3n) is 6.10. The Labute approximate surface area is 228 Å². The van der Waals surface area contributed by atoms with Gasteiger partial charge in [0.15, 0.2) is 0 Å². The Balaban J connectivity index is 3.73. The van der Waals surface area contributed by atoms with E-state index in [1.807, 2.05) is 46.8 Å². The zero-order chi connectivity index (χ0) is 27.1. The number of ether oxygens (including phenoxy) is 1. The molecule has 2 atom stereocenters. The number of hydrogen-bond donors (Lipinski definition) is 1. The van der Waals surface area contributed by atoms with Gasteiger partial charge in [-0.2, -0.15) is 11.8 Å². The van der Waals surface area contributed by atoms with Crippen LogP contribution in [0.5, 0.6) is 0 Å². The average molecular weight is 555 g/mol. The van der Waals surface area contributed by atoms with Crippen molar-refractivity contribution in [2.24, 2.45) is 0 Å². The van der Waals surface area contributed by atoms with E-state index in [1.54, 1.807) is 0 Å². The summed E-state index contributed by atoms with van der Waals surface area (Å²) in [7, 11) is 1.97. The van der Waals surface area contributed by atoms with Crippen LogP contribution in [0.2, 0.25) is 0 Å². The van der Waals surface area contributed by atoms with E-state index in [9.17, 15) is 9.46 Å². The molecule has 1 N–H and O–H groups in total. The van der Waals surface area contributed by atoms with Gasteiger partial charge in [-0.05, 0) is 26.0 Å².